The highest BCUT2D eigenvalue weighted by atomic mass is 79.9. The van der Waals surface area contributed by atoms with Crippen LogP contribution in [0.15, 0.2) is 21.0 Å². The zero-order valence-electron chi connectivity index (χ0n) is 7.81. The summed E-state index contributed by atoms with van der Waals surface area (Å²) in [7, 11) is 0. The lowest BCUT2D eigenvalue weighted by molar-refractivity contribution is 0.0957. The Morgan fingerprint density at radius 1 is 1.73 bits per heavy atom. The molecular weight excluding hydrogens is 280 g/mol. The second kappa shape index (κ2) is 6.44. The van der Waals surface area contributed by atoms with Crippen LogP contribution in [0.1, 0.15) is 16.1 Å². The van der Waals surface area contributed by atoms with Crippen molar-refractivity contribution in [1.29, 1.82) is 0 Å². The van der Waals surface area contributed by atoms with Crippen LogP contribution in [0.3, 0.4) is 0 Å². The fourth-order valence-corrected chi connectivity index (χ4v) is 2.40. The summed E-state index contributed by atoms with van der Waals surface area (Å²) in [6, 6.07) is 1.83. The summed E-state index contributed by atoms with van der Waals surface area (Å²) in [4.78, 5) is 14.8. The third-order valence-electron chi connectivity index (χ3n) is 1.61. The van der Waals surface area contributed by atoms with Crippen molar-refractivity contribution in [2.75, 3.05) is 13.1 Å². The molecule has 5 nitrogen and oxygen atoms in total. The van der Waals surface area contributed by atoms with Gasteiger partial charge < -0.3 is 5.32 Å². The van der Waals surface area contributed by atoms with E-state index in [2.05, 4.69) is 31.3 Å². The van der Waals surface area contributed by atoms with E-state index >= 15 is 0 Å². The summed E-state index contributed by atoms with van der Waals surface area (Å²) in [5, 5.41) is 7.96. The van der Waals surface area contributed by atoms with Crippen molar-refractivity contribution >= 4 is 33.2 Å². The van der Waals surface area contributed by atoms with E-state index in [0.29, 0.717) is 24.4 Å². The molecule has 0 fully saturated rings. The van der Waals surface area contributed by atoms with Crippen molar-refractivity contribution in [1.82, 2.24) is 5.32 Å². The zero-order chi connectivity index (χ0) is 11.1. The van der Waals surface area contributed by atoms with E-state index in [1.165, 1.54) is 11.3 Å². The first-order valence-electron chi connectivity index (χ1n) is 4.27. The first kappa shape index (κ1) is 12.0. The van der Waals surface area contributed by atoms with Crippen molar-refractivity contribution < 1.29 is 4.79 Å². The molecule has 1 amide bonds. The van der Waals surface area contributed by atoms with E-state index < -0.39 is 0 Å². The van der Waals surface area contributed by atoms with E-state index in [0.717, 1.165) is 4.47 Å². The molecule has 0 unspecified atom stereocenters. The van der Waals surface area contributed by atoms with E-state index in [1.54, 1.807) is 0 Å². The number of halogens is 1. The third kappa shape index (κ3) is 3.91. The molecule has 1 rings (SSSR count). The molecule has 0 aromatic carbocycles. The maximum Gasteiger partial charge on any atom is 0.262 e. The fourth-order valence-electron chi connectivity index (χ4n) is 0.932. The van der Waals surface area contributed by atoms with Crippen LogP contribution >= 0.6 is 27.3 Å². The Labute approximate surface area is 99.2 Å². The van der Waals surface area contributed by atoms with Gasteiger partial charge in [0.25, 0.3) is 5.91 Å². The molecule has 0 spiro atoms. The Kier molecular flexibility index (Phi) is 5.17. The highest BCUT2D eigenvalue weighted by molar-refractivity contribution is 9.10. The second-order valence-electron chi connectivity index (χ2n) is 2.66. The van der Waals surface area contributed by atoms with Gasteiger partial charge in [0, 0.05) is 22.5 Å². The molecule has 0 aliphatic heterocycles. The Balaban J connectivity index is 2.31. The lowest BCUT2D eigenvalue weighted by atomic mass is 10.4. The maximum atomic E-state index is 11.5. The quantitative estimate of drug-likeness (QED) is 0.384. The molecule has 0 bridgehead atoms. The minimum Gasteiger partial charge on any atom is -0.351 e. The Morgan fingerprint density at radius 3 is 3.13 bits per heavy atom. The number of amides is 1. The van der Waals surface area contributed by atoms with Crippen molar-refractivity contribution in [3.05, 3.63) is 31.2 Å². The standard InChI is InChI=1S/C8H9BrN4OS/c9-6-2-5-15-7(6)8(14)11-3-1-4-12-13-10/h2,5H,1,3-4H2,(H,11,14). The average Bonchev–Trinajstić information content (AvgIpc) is 2.64. The summed E-state index contributed by atoms with van der Waals surface area (Å²) in [6.07, 6.45) is 0.652. The number of hydrogen-bond donors (Lipinski definition) is 1. The van der Waals surface area contributed by atoms with Gasteiger partial charge in [-0.2, -0.15) is 0 Å². The smallest absolute Gasteiger partial charge is 0.262 e. The predicted molar refractivity (Wildman–Crippen MR) is 63.0 cm³/mol. The van der Waals surface area contributed by atoms with Crippen LogP contribution in [-0.2, 0) is 0 Å². The summed E-state index contributed by atoms with van der Waals surface area (Å²) in [6.45, 7) is 0.921. The number of rotatable bonds is 5. The van der Waals surface area contributed by atoms with Crippen LogP contribution in [0.5, 0.6) is 0 Å². The van der Waals surface area contributed by atoms with Crippen molar-refractivity contribution in [2.24, 2.45) is 5.11 Å². The van der Waals surface area contributed by atoms with Gasteiger partial charge in [-0.3, -0.25) is 4.79 Å². The summed E-state index contributed by atoms with van der Waals surface area (Å²) in [5.41, 5.74) is 8.03. The molecule has 15 heavy (non-hydrogen) atoms. The first-order chi connectivity index (χ1) is 7.25. The van der Waals surface area contributed by atoms with E-state index in [4.69, 9.17) is 5.53 Å². The van der Waals surface area contributed by atoms with Gasteiger partial charge in [-0.1, -0.05) is 5.11 Å². The minimum absolute atomic E-state index is 0.0992. The van der Waals surface area contributed by atoms with Crippen LogP contribution in [0.25, 0.3) is 10.4 Å². The van der Waals surface area contributed by atoms with Crippen LogP contribution in [0, 0.1) is 0 Å². The maximum absolute atomic E-state index is 11.5. The predicted octanol–water partition coefficient (Wildman–Crippen LogP) is 2.94. The molecule has 0 saturated heterocycles. The Hall–Kier alpha value is -1.04. The number of hydrogen-bond acceptors (Lipinski definition) is 3. The second-order valence-corrected chi connectivity index (χ2v) is 4.43. The fraction of sp³-hybridized carbons (Fsp3) is 0.375. The van der Waals surface area contributed by atoms with Gasteiger partial charge in [0.2, 0.25) is 0 Å². The van der Waals surface area contributed by atoms with Crippen LogP contribution in [0.2, 0.25) is 0 Å². The number of carbonyl (C=O) groups excluding carboxylic acids is 1. The molecular formula is C8H9BrN4OS. The number of thiophene rings is 1. The molecule has 7 heteroatoms. The zero-order valence-corrected chi connectivity index (χ0v) is 10.2. The van der Waals surface area contributed by atoms with Gasteiger partial charge in [-0.15, -0.1) is 11.3 Å². The molecule has 0 saturated carbocycles. The van der Waals surface area contributed by atoms with Crippen LogP contribution < -0.4 is 5.32 Å². The van der Waals surface area contributed by atoms with Gasteiger partial charge >= 0.3 is 0 Å². The normalized spacial score (nSPS) is 9.40. The molecule has 1 heterocycles. The van der Waals surface area contributed by atoms with Gasteiger partial charge in [0.1, 0.15) is 4.88 Å². The third-order valence-corrected chi connectivity index (χ3v) is 3.44. The highest BCUT2D eigenvalue weighted by Gasteiger charge is 2.09. The molecule has 0 aliphatic carbocycles. The lowest BCUT2D eigenvalue weighted by Gasteiger charge is -2.01. The molecule has 0 aliphatic rings. The van der Waals surface area contributed by atoms with Gasteiger partial charge in [0.15, 0.2) is 0 Å². The SMILES string of the molecule is [N-]=[N+]=NCCCNC(=O)c1sccc1Br. The van der Waals surface area contributed by atoms with Crippen LogP contribution in [-0.4, -0.2) is 19.0 Å². The Bertz CT molecular complexity index is 386. The Morgan fingerprint density at radius 2 is 2.53 bits per heavy atom. The molecule has 0 atom stereocenters. The minimum atomic E-state index is -0.0992. The van der Waals surface area contributed by atoms with E-state index in [1.807, 2.05) is 11.4 Å². The largest absolute Gasteiger partial charge is 0.351 e. The van der Waals surface area contributed by atoms with Crippen molar-refractivity contribution in [2.45, 2.75) is 6.42 Å². The van der Waals surface area contributed by atoms with Crippen LogP contribution in [0.4, 0.5) is 0 Å². The lowest BCUT2D eigenvalue weighted by Crippen LogP contribution is -2.24. The molecule has 1 aromatic rings. The molecule has 80 valence electrons. The monoisotopic (exact) mass is 288 g/mol. The first-order valence-corrected chi connectivity index (χ1v) is 5.95. The number of nitrogens with zero attached hydrogens (tertiary/aromatic N) is 3. The summed E-state index contributed by atoms with van der Waals surface area (Å²) >= 11 is 4.67. The molecule has 1 N–H and O–H groups in total. The molecule has 1 aromatic heterocycles. The average molecular weight is 289 g/mol. The molecule has 0 radical (unpaired) electrons. The van der Waals surface area contributed by atoms with Crippen molar-refractivity contribution in [3.8, 4) is 0 Å². The number of azide groups is 1. The van der Waals surface area contributed by atoms with Gasteiger partial charge in [0.05, 0.1) is 0 Å². The highest BCUT2D eigenvalue weighted by Crippen LogP contribution is 2.22. The topological polar surface area (TPSA) is 77.9 Å². The summed E-state index contributed by atoms with van der Waals surface area (Å²) in [5.74, 6) is -0.0992. The van der Waals surface area contributed by atoms with Gasteiger partial charge in [-0.25, -0.2) is 0 Å². The van der Waals surface area contributed by atoms with E-state index in [-0.39, 0.29) is 5.91 Å². The van der Waals surface area contributed by atoms with Gasteiger partial charge in [-0.05, 0) is 39.3 Å². The number of nitrogens with one attached hydrogen (secondary N) is 1. The van der Waals surface area contributed by atoms with Crippen molar-refractivity contribution in [3.63, 3.8) is 0 Å². The number of carbonyl (C=O) groups is 1. The summed E-state index contributed by atoms with van der Waals surface area (Å²) < 4.78 is 0.806. The van der Waals surface area contributed by atoms with E-state index in [9.17, 15) is 4.79 Å².